The normalized spacial score (nSPS) is 16.3. The summed E-state index contributed by atoms with van der Waals surface area (Å²) in [5.74, 6) is 1.66. The molecule has 4 rings (SSSR count). The van der Waals surface area contributed by atoms with Crippen LogP contribution in [-0.4, -0.2) is 19.9 Å². The topological polar surface area (TPSA) is 33.7 Å². The van der Waals surface area contributed by atoms with Crippen LogP contribution in [-0.2, 0) is 0 Å². The lowest BCUT2D eigenvalue weighted by atomic mass is 10.2. The number of hydrogen-bond donors (Lipinski definition) is 1. The molecule has 1 N–H and O–H groups in total. The highest BCUT2D eigenvalue weighted by Crippen LogP contribution is 2.39. The van der Waals surface area contributed by atoms with Gasteiger partial charge in [-0.2, -0.15) is 0 Å². The Bertz CT molecular complexity index is 642. The highest BCUT2D eigenvalue weighted by atomic mass is 16.7. The maximum atomic E-state index is 5.48. The third kappa shape index (κ3) is 1.84. The van der Waals surface area contributed by atoms with Crippen molar-refractivity contribution < 1.29 is 9.47 Å². The zero-order valence-electron chi connectivity index (χ0n) is 11.1. The van der Waals surface area contributed by atoms with E-state index in [1.54, 1.807) is 0 Å². The Balaban J connectivity index is 1.78. The SMILES string of the molecule is c1ccc2c(c1)NCCCN2c1ccc2c(c1)OCO2. The van der Waals surface area contributed by atoms with Crippen LogP contribution < -0.4 is 19.7 Å². The number of fused-ring (bicyclic) bond motifs is 2. The first-order chi connectivity index (χ1) is 9.92. The molecule has 102 valence electrons. The van der Waals surface area contributed by atoms with E-state index in [1.165, 1.54) is 11.4 Å². The smallest absolute Gasteiger partial charge is 0.231 e. The van der Waals surface area contributed by atoms with Gasteiger partial charge >= 0.3 is 0 Å². The molecule has 2 heterocycles. The number of nitrogens with zero attached hydrogens (tertiary/aromatic N) is 1. The quantitative estimate of drug-likeness (QED) is 0.859. The molecule has 20 heavy (non-hydrogen) atoms. The van der Waals surface area contributed by atoms with Crippen LogP contribution in [0.4, 0.5) is 17.1 Å². The second-order valence-electron chi connectivity index (χ2n) is 4.99. The van der Waals surface area contributed by atoms with E-state index in [2.05, 4.69) is 46.6 Å². The summed E-state index contributed by atoms with van der Waals surface area (Å²) in [6.07, 6.45) is 1.10. The van der Waals surface area contributed by atoms with E-state index in [-0.39, 0.29) is 0 Å². The monoisotopic (exact) mass is 268 g/mol. The van der Waals surface area contributed by atoms with Gasteiger partial charge in [0.05, 0.1) is 11.4 Å². The molecule has 0 bridgehead atoms. The molecule has 4 heteroatoms. The van der Waals surface area contributed by atoms with E-state index in [0.717, 1.165) is 36.7 Å². The first-order valence-corrected chi connectivity index (χ1v) is 6.92. The van der Waals surface area contributed by atoms with Crippen LogP contribution in [0.5, 0.6) is 11.5 Å². The molecule has 0 spiro atoms. The lowest BCUT2D eigenvalue weighted by Gasteiger charge is -2.24. The van der Waals surface area contributed by atoms with Crippen LogP contribution >= 0.6 is 0 Å². The fourth-order valence-electron chi connectivity index (χ4n) is 2.76. The molecule has 2 aromatic carbocycles. The highest BCUT2D eigenvalue weighted by molar-refractivity contribution is 5.78. The second kappa shape index (κ2) is 4.63. The third-order valence-electron chi connectivity index (χ3n) is 3.74. The molecule has 0 unspecified atom stereocenters. The molecule has 0 saturated carbocycles. The molecule has 0 radical (unpaired) electrons. The van der Waals surface area contributed by atoms with Crippen molar-refractivity contribution in [2.45, 2.75) is 6.42 Å². The third-order valence-corrected chi connectivity index (χ3v) is 3.74. The number of hydrogen-bond acceptors (Lipinski definition) is 4. The van der Waals surface area contributed by atoms with Crippen molar-refractivity contribution in [2.24, 2.45) is 0 Å². The maximum absolute atomic E-state index is 5.48. The van der Waals surface area contributed by atoms with Crippen LogP contribution in [0.2, 0.25) is 0 Å². The number of ether oxygens (including phenoxy) is 2. The number of rotatable bonds is 1. The summed E-state index contributed by atoms with van der Waals surface area (Å²) in [4.78, 5) is 2.33. The summed E-state index contributed by atoms with van der Waals surface area (Å²) >= 11 is 0. The van der Waals surface area contributed by atoms with Crippen molar-refractivity contribution in [1.29, 1.82) is 0 Å². The highest BCUT2D eigenvalue weighted by Gasteiger charge is 2.19. The van der Waals surface area contributed by atoms with Gasteiger partial charge in [-0.05, 0) is 30.7 Å². The molecule has 0 fully saturated rings. The number of nitrogens with one attached hydrogen (secondary N) is 1. The molecular weight excluding hydrogens is 252 g/mol. The zero-order valence-corrected chi connectivity index (χ0v) is 11.1. The molecule has 0 atom stereocenters. The summed E-state index contributed by atoms with van der Waals surface area (Å²) in [6.45, 7) is 2.30. The summed E-state index contributed by atoms with van der Waals surface area (Å²) in [5, 5.41) is 3.48. The van der Waals surface area contributed by atoms with Crippen molar-refractivity contribution in [3.8, 4) is 11.5 Å². The Morgan fingerprint density at radius 3 is 2.90 bits per heavy atom. The second-order valence-corrected chi connectivity index (χ2v) is 4.99. The summed E-state index contributed by atoms with van der Waals surface area (Å²) < 4.78 is 10.9. The van der Waals surface area contributed by atoms with E-state index in [1.807, 2.05) is 6.07 Å². The van der Waals surface area contributed by atoms with E-state index < -0.39 is 0 Å². The number of anilines is 3. The lowest BCUT2D eigenvalue weighted by molar-refractivity contribution is 0.174. The largest absolute Gasteiger partial charge is 0.454 e. The Kier molecular flexibility index (Phi) is 2.66. The minimum Gasteiger partial charge on any atom is -0.454 e. The van der Waals surface area contributed by atoms with E-state index in [0.29, 0.717) is 6.79 Å². The van der Waals surface area contributed by atoms with Crippen LogP contribution in [0.25, 0.3) is 0 Å². The molecular formula is C16H16N2O2. The lowest BCUT2D eigenvalue weighted by Crippen LogP contribution is -2.17. The molecule has 0 aromatic heterocycles. The van der Waals surface area contributed by atoms with E-state index >= 15 is 0 Å². The van der Waals surface area contributed by atoms with Crippen molar-refractivity contribution >= 4 is 17.1 Å². The van der Waals surface area contributed by atoms with Crippen molar-refractivity contribution in [2.75, 3.05) is 30.1 Å². The Morgan fingerprint density at radius 1 is 1.00 bits per heavy atom. The number of benzene rings is 2. The van der Waals surface area contributed by atoms with Crippen LogP contribution in [0, 0.1) is 0 Å². The predicted molar refractivity (Wildman–Crippen MR) is 79.1 cm³/mol. The van der Waals surface area contributed by atoms with Gasteiger partial charge in [-0.1, -0.05) is 12.1 Å². The van der Waals surface area contributed by atoms with E-state index in [9.17, 15) is 0 Å². The minimum absolute atomic E-state index is 0.316. The van der Waals surface area contributed by atoms with Gasteiger partial charge in [0.1, 0.15) is 0 Å². The molecule has 0 aliphatic carbocycles. The van der Waals surface area contributed by atoms with Gasteiger partial charge in [0.15, 0.2) is 11.5 Å². The van der Waals surface area contributed by atoms with Crippen molar-refractivity contribution in [3.63, 3.8) is 0 Å². The molecule has 2 aromatic rings. The van der Waals surface area contributed by atoms with Crippen molar-refractivity contribution in [3.05, 3.63) is 42.5 Å². The Morgan fingerprint density at radius 2 is 1.90 bits per heavy atom. The Hall–Kier alpha value is -2.36. The van der Waals surface area contributed by atoms with Gasteiger partial charge in [-0.15, -0.1) is 0 Å². The van der Waals surface area contributed by atoms with Crippen LogP contribution in [0.3, 0.4) is 0 Å². The van der Waals surface area contributed by atoms with Gasteiger partial charge < -0.3 is 19.7 Å². The zero-order chi connectivity index (χ0) is 13.4. The maximum Gasteiger partial charge on any atom is 0.231 e. The van der Waals surface area contributed by atoms with Crippen LogP contribution in [0.1, 0.15) is 6.42 Å². The Labute approximate surface area is 117 Å². The summed E-state index contributed by atoms with van der Waals surface area (Å²) in [6, 6.07) is 14.6. The van der Waals surface area contributed by atoms with E-state index in [4.69, 9.17) is 9.47 Å². The number of para-hydroxylation sites is 2. The average Bonchev–Trinajstić information content (AvgIpc) is 2.85. The van der Waals surface area contributed by atoms with Gasteiger partial charge in [0.25, 0.3) is 0 Å². The molecule has 2 aliphatic rings. The first-order valence-electron chi connectivity index (χ1n) is 6.92. The van der Waals surface area contributed by atoms with Gasteiger partial charge in [-0.25, -0.2) is 0 Å². The summed E-state index contributed by atoms with van der Waals surface area (Å²) in [7, 11) is 0. The molecule has 2 aliphatic heterocycles. The fraction of sp³-hybridized carbons (Fsp3) is 0.250. The molecule has 0 saturated heterocycles. The molecule has 0 amide bonds. The standard InChI is InChI=1S/C16H16N2O2/c1-2-5-14-13(4-1)17-8-3-9-18(14)12-6-7-15-16(10-12)20-11-19-15/h1-2,4-7,10,17H,3,8-9,11H2. The molecule has 4 nitrogen and oxygen atoms in total. The average molecular weight is 268 g/mol. The van der Waals surface area contributed by atoms with Gasteiger partial charge in [0.2, 0.25) is 6.79 Å². The fourth-order valence-corrected chi connectivity index (χ4v) is 2.76. The van der Waals surface area contributed by atoms with Crippen molar-refractivity contribution in [1.82, 2.24) is 0 Å². The summed E-state index contributed by atoms with van der Waals surface area (Å²) in [5.41, 5.74) is 3.54. The van der Waals surface area contributed by atoms with Gasteiger partial charge in [-0.3, -0.25) is 0 Å². The van der Waals surface area contributed by atoms with Gasteiger partial charge in [0, 0.05) is 24.8 Å². The first kappa shape index (κ1) is 11.5. The predicted octanol–water partition coefficient (Wildman–Crippen LogP) is 3.37. The minimum atomic E-state index is 0.316. The van der Waals surface area contributed by atoms with Crippen LogP contribution in [0.15, 0.2) is 42.5 Å².